The molecule has 2 rings (SSSR count). The van der Waals surface area contributed by atoms with E-state index in [4.69, 9.17) is 4.74 Å². The average molecular weight is 261 g/mol. The van der Waals surface area contributed by atoms with Crippen LogP contribution >= 0.6 is 0 Å². The molecule has 4 heteroatoms. The smallest absolute Gasteiger partial charge is 0.106 e. The standard InChI is InChI=1S/C15H23N3O/c1-11(12(2)19-4)16-9-10-18-13(3)17-14-7-5-6-8-15(14)18/h5-8,11-12,16H,9-10H2,1-4H3. The van der Waals surface area contributed by atoms with Crippen molar-refractivity contribution in [3.05, 3.63) is 30.1 Å². The van der Waals surface area contributed by atoms with Gasteiger partial charge in [-0.25, -0.2) is 4.98 Å². The topological polar surface area (TPSA) is 39.1 Å². The minimum absolute atomic E-state index is 0.223. The summed E-state index contributed by atoms with van der Waals surface area (Å²) in [5.74, 6) is 1.07. The van der Waals surface area contributed by atoms with Gasteiger partial charge in [0.2, 0.25) is 0 Å². The molecule has 0 aliphatic heterocycles. The number of hydrogen-bond donors (Lipinski definition) is 1. The largest absolute Gasteiger partial charge is 0.380 e. The molecule has 0 aliphatic carbocycles. The number of rotatable bonds is 6. The van der Waals surface area contributed by atoms with Crippen molar-refractivity contribution >= 4 is 11.0 Å². The molecule has 0 aliphatic rings. The van der Waals surface area contributed by atoms with E-state index in [2.05, 4.69) is 53.8 Å². The number of nitrogens with one attached hydrogen (secondary N) is 1. The van der Waals surface area contributed by atoms with Gasteiger partial charge in [-0.3, -0.25) is 0 Å². The molecule has 104 valence electrons. The first-order valence-electron chi connectivity index (χ1n) is 6.81. The summed E-state index contributed by atoms with van der Waals surface area (Å²) in [5, 5.41) is 3.49. The van der Waals surface area contributed by atoms with Gasteiger partial charge in [0.05, 0.1) is 17.1 Å². The zero-order valence-electron chi connectivity index (χ0n) is 12.2. The van der Waals surface area contributed by atoms with Crippen LogP contribution in [0.3, 0.4) is 0 Å². The lowest BCUT2D eigenvalue weighted by molar-refractivity contribution is 0.0885. The summed E-state index contributed by atoms with van der Waals surface area (Å²) in [7, 11) is 1.75. The van der Waals surface area contributed by atoms with E-state index in [0.29, 0.717) is 6.04 Å². The van der Waals surface area contributed by atoms with Gasteiger partial charge < -0.3 is 14.6 Å². The second-order valence-electron chi connectivity index (χ2n) is 4.98. The predicted molar refractivity (Wildman–Crippen MR) is 78.4 cm³/mol. The van der Waals surface area contributed by atoms with E-state index in [-0.39, 0.29) is 6.10 Å². The molecule has 1 aromatic heterocycles. The Morgan fingerprint density at radius 3 is 2.79 bits per heavy atom. The van der Waals surface area contributed by atoms with Gasteiger partial charge in [-0.05, 0) is 32.9 Å². The Kier molecular flexibility index (Phi) is 4.56. The number of benzene rings is 1. The van der Waals surface area contributed by atoms with Crippen molar-refractivity contribution in [3.8, 4) is 0 Å². The molecule has 2 atom stereocenters. The highest BCUT2D eigenvalue weighted by Crippen LogP contribution is 2.14. The van der Waals surface area contributed by atoms with Crippen molar-refractivity contribution in [2.75, 3.05) is 13.7 Å². The van der Waals surface area contributed by atoms with Crippen LogP contribution in [0.25, 0.3) is 11.0 Å². The molecule has 0 spiro atoms. The lowest BCUT2D eigenvalue weighted by atomic mass is 10.2. The van der Waals surface area contributed by atoms with Gasteiger partial charge in [0.1, 0.15) is 5.82 Å². The molecule has 0 saturated carbocycles. The van der Waals surface area contributed by atoms with Crippen LogP contribution in [-0.2, 0) is 11.3 Å². The number of methoxy groups -OCH3 is 1. The fourth-order valence-corrected chi connectivity index (χ4v) is 2.25. The maximum absolute atomic E-state index is 5.31. The maximum atomic E-state index is 5.31. The molecule has 0 amide bonds. The fraction of sp³-hybridized carbons (Fsp3) is 0.533. The molecule has 19 heavy (non-hydrogen) atoms. The summed E-state index contributed by atoms with van der Waals surface area (Å²) < 4.78 is 7.57. The van der Waals surface area contributed by atoms with Crippen LogP contribution in [0.4, 0.5) is 0 Å². The van der Waals surface area contributed by atoms with Gasteiger partial charge in [-0.2, -0.15) is 0 Å². The van der Waals surface area contributed by atoms with E-state index < -0.39 is 0 Å². The number of aryl methyl sites for hydroxylation is 1. The van der Waals surface area contributed by atoms with Gasteiger partial charge in [0, 0.05) is 26.2 Å². The van der Waals surface area contributed by atoms with Crippen LogP contribution in [-0.4, -0.2) is 35.4 Å². The normalized spacial score (nSPS) is 14.7. The predicted octanol–water partition coefficient (Wildman–Crippen LogP) is 2.36. The quantitative estimate of drug-likeness (QED) is 0.867. The molecule has 1 heterocycles. The van der Waals surface area contributed by atoms with Crippen LogP contribution in [0.2, 0.25) is 0 Å². The number of fused-ring (bicyclic) bond motifs is 1. The van der Waals surface area contributed by atoms with Crippen molar-refractivity contribution in [1.82, 2.24) is 14.9 Å². The van der Waals surface area contributed by atoms with Crippen LogP contribution in [0.15, 0.2) is 24.3 Å². The monoisotopic (exact) mass is 261 g/mol. The Bertz CT molecular complexity index is 535. The van der Waals surface area contributed by atoms with Crippen molar-refractivity contribution in [2.45, 2.75) is 39.5 Å². The van der Waals surface area contributed by atoms with Gasteiger partial charge in [0.25, 0.3) is 0 Å². The minimum Gasteiger partial charge on any atom is -0.380 e. The Morgan fingerprint density at radius 1 is 1.32 bits per heavy atom. The zero-order chi connectivity index (χ0) is 13.8. The lowest BCUT2D eigenvalue weighted by Gasteiger charge is -2.20. The van der Waals surface area contributed by atoms with E-state index in [9.17, 15) is 0 Å². The van der Waals surface area contributed by atoms with Gasteiger partial charge >= 0.3 is 0 Å². The molecule has 1 aromatic carbocycles. The van der Waals surface area contributed by atoms with Crippen molar-refractivity contribution in [1.29, 1.82) is 0 Å². The Labute approximate surface area is 114 Å². The first-order valence-corrected chi connectivity index (χ1v) is 6.81. The Hall–Kier alpha value is -1.39. The first-order chi connectivity index (χ1) is 9.13. The second-order valence-corrected chi connectivity index (χ2v) is 4.98. The minimum atomic E-state index is 0.223. The summed E-state index contributed by atoms with van der Waals surface area (Å²) >= 11 is 0. The molecular weight excluding hydrogens is 238 g/mol. The second kappa shape index (κ2) is 6.17. The number of ether oxygens (including phenoxy) is 1. The molecule has 0 radical (unpaired) electrons. The molecule has 1 N–H and O–H groups in total. The SMILES string of the molecule is COC(C)C(C)NCCn1c(C)nc2ccccc21. The number of imidazole rings is 1. The zero-order valence-corrected chi connectivity index (χ0v) is 12.2. The fourth-order valence-electron chi connectivity index (χ4n) is 2.25. The summed E-state index contributed by atoms with van der Waals surface area (Å²) in [5.41, 5.74) is 2.27. The number of aromatic nitrogens is 2. The van der Waals surface area contributed by atoms with E-state index >= 15 is 0 Å². The van der Waals surface area contributed by atoms with E-state index in [0.717, 1.165) is 24.4 Å². The van der Waals surface area contributed by atoms with Gasteiger partial charge in [-0.15, -0.1) is 0 Å². The molecule has 2 aromatic rings. The van der Waals surface area contributed by atoms with Crippen LogP contribution in [0.5, 0.6) is 0 Å². The molecule has 0 bridgehead atoms. The number of nitrogens with zero attached hydrogens (tertiary/aromatic N) is 2. The number of hydrogen-bond acceptors (Lipinski definition) is 3. The maximum Gasteiger partial charge on any atom is 0.106 e. The molecule has 4 nitrogen and oxygen atoms in total. The molecule has 0 saturated heterocycles. The molecule has 0 fully saturated rings. The van der Waals surface area contributed by atoms with Crippen LogP contribution in [0, 0.1) is 6.92 Å². The third-order valence-electron chi connectivity index (χ3n) is 3.72. The van der Waals surface area contributed by atoms with E-state index in [1.807, 2.05) is 6.07 Å². The van der Waals surface area contributed by atoms with Crippen LogP contribution in [0.1, 0.15) is 19.7 Å². The third-order valence-corrected chi connectivity index (χ3v) is 3.72. The Morgan fingerprint density at radius 2 is 2.05 bits per heavy atom. The lowest BCUT2D eigenvalue weighted by Crippen LogP contribution is -2.38. The number of para-hydroxylation sites is 2. The third kappa shape index (κ3) is 3.14. The van der Waals surface area contributed by atoms with Crippen molar-refractivity contribution in [3.63, 3.8) is 0 Å². The van der Waals surface area contributed by atoms with Crippen LogP contribution < -0.4 is 5.32 Å². The summed E-state index contributed by atoms with van der Waals surface area (Å²) in [6, 6.07) is 8.61. The summed E-state index contributed by atoms with van der Waals surface area (Å²) in [4.78, 5) is 4.57. The first kappa shape index (κ1) is 14.0. The highest BCUT2D eigenvalue weighted by Gasteiger charge is 2.11. The van der Waals surface area contributed by atoms with E-state index in [1.165, 1.54) is 5.52 Å². The highest BCUT2D eigenvalue weighted by atomic mass is 16.5. The van der Waals surface area contributed by atoms with Gasteiger partial charge in [-0.1, -0.05) is 12.1 Å². The molecular formula is C15H23N3O. The molecule has 2 unspecified atom stereocenters. The van der Waals surface area contributed by atoms with Crippen molar-refractivity contribution < 1.29 is 4.74 Å². The summed E-state index contributed by atoms with van der Waals surface area (Å²) in [6.45, 7) is 8.12. The van der Waals surface area contributed by atoms with Crippen molar-refractivity contribution in [2.24, 2.45) is 0 Å². The summed E-state index contributed by atoms with van der Waals surface area (Å²) in [6.07, 6.45) is 0.223. The average Bonchev–Trinajstić information content (AvgIpc) is 2.74. The highest BCUT2D eigenvalue weighted by molar-refractivity contribution is 5.75. The van der Waals surface area contributed by atoms with E-state index in [1.54, 1.807) is 7.11 Å². The van der Waals surface area contributed by atoms with Gasteiger partial charge in [0.15, 0.2) is 0 Å². The Balaban J connectivity index is 2.00.